The average Bonchev–Trinajstić information content (AvgIpc) is 3.02. The molecule has 106 valence electrons. The van der Waals surface area contributed by atoms with Crippen LogP contribution in [0.15, 0.2) is 4.52 Å². The number of aliphatic carboxylic acids is 1. The number of hydrogen-bond donors (Lipinski definition) is 1. The monoisotopic (exact) mass is 267 g/mol. The lowest BCUT2D eigenvalue weighted by Crippen LogP contribution is -2.28. The van der Waals surface area contributed by atoms with Crippen LogP contribution in [0.5, 0.6) is 0 Å². The molecule has 6 heteroatoms. The number of rotatable bonds is 6. The van der Waals surface area contributed by atoms with Gasteiger partial charge in [0.05, 0.1) is 13.0 Å². The van der Waals surface area contributed by atoms with Crippen LogP contribution in [0.4, 0.5) is 0 Å². The van der Waals surface area contributed by atoms with E-state index in [1.165, 1.54) is 0 Å². The van der Waals surface area contributed by atoms with Crippen LogP contribution in [0, 0.1) is 0 Å². The number of carboxylic acid groups (broad SMARTS) is 1. The molecular formula is C13H21N3O3. The van der Waals surface area contributed by atoms with Crippen LogP contribution in [0.3, 0.4) is 0 Å². The predicted octanol–water partition coefficient (Wildman–Crippen LogP) is 1.81. The van der Waals surface area contributed by atoms with Crippen LogP contribution in [0.25, 0.3) is 0 Å². The Morgan fingerprint density at radius 2 is 2.16 bits per heavy atom. The summed E-state index contributed by atoms with van der Waals surface area (Å²) in [6, 6.07) is 0.476. The summed E-state index contributed by atoms with van der Waals surface area (Å²) in [4.78, 5) is 17.2. The van der Waals surface area contributed by atoms with Crippen LogP contribution < -0.4 is 0 Å². The van der Waals surface area contributed by atoms with Crippen molar-refractivity contribution in [2.45, 2.75) is 58.0 Å². The highest BCUT2D eigenvalue weighted by Crippen LogP contribution is 2.28. The van der Waals surface area contributed by atoms with E-state index in [-0.39, 0.29) is 11.8 Å². The van der Waals surface area contributed by atoms with Crippen molar-refractivity contribution in [2.75, 3.05) is 6.54 Å². The minimum Gasteiger partial charge on any atom is -0.481 e. The van der Waals surface area contributed by atoms with Crippen molar-refractivity contribution in [3.8, 4) is 0 Å². The van der Waals surface area contributed by atoms with Gasteiger partial charge in [0.2, 0.25) is 5.89 Å². The molecule has 6 nitrogen and oxygen atoms in total. The molecule has 0 amide bonds. The van der Waals surface area contributed by atoms with Crippen molar-refractivity contribution in [1.29, 1.82) is 0 Å². The lowest BCUT2D eigenvalue weighted by molar-refractivity contribution is -0.137. The van der Waals surface area contributed by atoms with E-state index in [2.05, 4.69) is 15.0 Å². The molecule has 0 radical (unpaired) electrons. The van der Waals surface area contributed by atoms with E-state index in [0.717, 1.165) is 12.8 Å². The lowest BCUT2D eigenvalue weighted by Gasteiger charge is -2.18. The molecule has 2 rings (SSSR count). The van der Waals surface area contributed by atoms with Gasteiger partial charge in [-0.25, -0.2) is 0 Å². The van der Waals surface area contributed by atoms with E-state index in [4.69, 9.17) is 9.63 Å². The summed E-state index contributed by atoms with van der Waals surface area (Å²) < 4.78 is 5.26. The molecule has 0 aliphatic heterocycles. The highest BCUT2D eigenvalue weighted by molar-refractivity contribution is 5.66. The van der Waals surface area contributed by atoms with Gasteiger partial charge < -0.3 is 9.63 Å². The van der Waals surface area contributed by atoms with Crippen LogP contribution in [0.1, 0.15) is 51.7 Å². The fourth-order valence-electron chi connectivity index (χ4n) is 1.87. The van der Waals surface area contributed by atoms with Crippen molar-refractivity contribution < 1.29 is 14.4 Å². The predicted molar refractivity (Wildman–Crippen MR) is 68.7 cm³/mol. The standard InChI is InChI=1S/C13H21N3O3/c1-13(2,3)12-14-10(19-15-12)8-16(9-4-5-9)7-6-11(17)18/h9H,4-8H2,1-3H3,(H,17,18). The number of carboxylic acids is 1. The van der Waals surface area contributed by atoms with E-state index < -0.39 is 5.97 Å². The van der Waals surface area contributed by atoms with Crippen LogP contribution in [-0.4, -0.2) is 38.7 Å². The molecule has 0 saturated heterocycles. The molecule has 0 spiro atoms. The van der Waals surface area contributed by atoms with Crippen molar-refractivity contribution >= 4 is 5.97 Å². The average molecular weight is 267 g/mol. The summed E-state index contributed by atoms with van der Waals surface area (Å²) in [5, 5.41) is 12.7. The van der Waals surface area contributed by atoms with Crippen LogP contribution in [0.2, 0.25) is 0 Å². The molecule has 1 saturated carbocycles. The quantitative estimate of drug-likeness (QED) is 0.846. The zero-order valence-electron chi connectivity index (χ0n) is 11.7. The molecule has 19 heavy (non-hydrogen) atoms. The number of carbonyl (C=O) groups is 1. The van der Waals surface area contributed by atoms with Gasteiger partial charge in [-0.3, -0.25) is 9.69 Å². The van der Waals surface area contributed by atoms with Crippen molar-refractivity contribution in [3.63, 3.8) is 0 Å². The molecular weight excluding hydrogens is 246 g/mol. The summed E-state index contributed by atoms with van der Waals surface area (Å²) in [7, 11) is 0. The Morgan fingerprint density at radius 3 is 2.63 bits per heavy atom. The Morgan fingerprint density at radius 1 is 1.47 bits per heavy atom. The second-order valence-corrected chi connectivity index (χ2v) is 6.11. The number of aromatic nitrogens is 2. The van der Waals surface area contributed by atoms with E-state index in [1.807, 2.05) is 20.8 Å². The summed E-state index contributed by atoms with van der Waals surface area (Å²) in [5.74, 6) is 0.491. The maximum absolute atomic E-state index is 10.7. The maximum atomic E-state index is 10.7. The molecule has 1 fully saturated rings. The van der Waals surface area contributed by atoms with E-state index in [1.54, 1.807) is 0 Å². The van der Waals surface area contributed by atoms with E-state index in [0.29, 0.717) is 30.8 Å². The van der Waals surface area contributed by atoms with Gasteiger partial charge in [0.25, 0.3) is 0 Å². The molecule has 1 aliphatic carbocycles. The Labute approximate surface area is 112 Å². The Balaban J connectivity index is 1.97. The second kappa shape index (κ2) is 5.28. The normalized spacial score (nSPS) is 16.0. The van der Waals surface area contributed by atoms with Gasteiger partial charge in [0.1, 0.15) is 0 Å². The van der Waals surface area contributed by atoms with Gasteiger partial charge in [0, 0.05) is 18.0 Å². The molecule has 0 atom stereocenters. The van der Waals surface area contributed by atoms with E-state index in [9.17, 15) is 4.79 Å². The molecule has 0 aromatic carbocycles. The Kier molecular flexibility index (Phi) is 3.89. The molecule has 1 aromatic heterocycles. The first-order chi connectivity index (χ1) is 8.86. The van der Waals surface area contributed by atoms with Crippen LogP contribution >= 0.6 is 0 Å². The first-order valence-corrected chi connectivity index (χ1v) is 6.65. The van der Waals surface area contributed by atoms with Gasteiger partial charge in [-0.1, -0.05) is 25.9 Å². The molecule has 1 aliphatic rings. The largest absolute Gasteiger partial charge is 0.481 e. The highest BCUT2D eigenvalue weighted by Gasteiger charge is 2.31. The highest BCUT2D eigenvalue weighted by atomic mass is 16.5. The summed E-state index contributed by atoms with van der Waals surface area (Å²) in [6.45, 7) is 7.18. The molecule has 0 bridgehead atoms. The van der Waals surface area contributed by atoms with Gasteiger partial charge in [-0.05, 0) is 12.8 Å². The fourth-order valence-corrected chi connectivity index (χ4v) is 1.87. The maximum Gasteiger partial charge on any atom is 0.304 e. The number of hydrogen-bond acceptors (Lipinski definition) is 5. The van der Waals surface area contributed by atoms with Crippen molar-refractivity contribution in [1.82, 2.24) is 15.0 Å². The summed E-state index contributed by atoms with van der Waals surface area (Å²) in [5.41, 5.74) is -0.132. The zero-order chi connectivity index (χ0) is 14.0. The van der Waals surface area contributed by atoms with Crippen molar-refractivity contribution in [2.24, 2.45) is 0 Å². The first kappa shape index (κ1) is 14.0. The first-order valence-electron chi connectivity index (χ1n) is 6.65. The third-order valence-electron chi connectivity index (χ3n) is 3.15. The van der Waals surface area contributed by atoms with Gasteiger partial charge >= 0.3 is 5.97 Å². The van der Waals surface area contributed by atoms with Gasteiger partial charge in [-0.2, -0.15) is 4.98 Å². The topological polar surface area (TPSA) is 79.5 Å². The lowest BCUT2D eigenvalue weighted by atomic mass is 9.96. The van der Waals surface area contributed by atoms with E-state index >= 15 is 0 Å². The number of nitrogens with zero attached hydrogens (tertiary/aromatic N) is 3. The van der Waals surface area contributed by atoms with Crippen molar-refractivity contribution in [3.05, 3.63) is 11.7 Å². The minimum absolute atomic E-state index is 0.132. The summed E-state index contributed by atoms with van der Waals surface area (Å²) >= 11 is 0. The third-order valence-corrected chi connectivity index (χ3v) is 3.15. The third kappa shape index (κ3) is 4.02. The Bertz CT molecular complexity index is 446. The Hall–Kier alpha value is -1.43. The summed E-state index contributed by atoms with van der Waals surface area (Å²) in [6.07, 6.45) is 2.40. The zero-order valence-corrected chi connectivity index (χ0v) is 11.7. The molecule has 1 aromatic rings. The molecule has 1 N–H and O–H groups in total. The molecule has 1 heterocycles. The SMILES string of the molecule is CC(C)(C)c1noc(CN(CCC(=O)O)C2CC2)n1. The van der Waals surface area contributed by atoms with Crippen LogP contribution in [-0.2, 0) is 16.8 Å². The second-order valence-electron chi connectivity index (χ2n) is 6.11. The molecule has 0 unspecified atom stereocenters. The minimum atomic E-state index is -0.772. The smallest absolute Gasteiger partial charge is 0.304 e. The fraction of sp³-hybridized carbons (Fsp3) is 0.769. The van der Waals surface area contributed by atoms with Gasteiger partial charge in [-0.15, -0.1) is 0 Å². The van der Waals surface area contributed by atoms with Gasteiger partial charge in [0.15, 0.2) is 5.82 Å².